The highest BCUT2D eigenvalue weighted by Crippen LogP contribution is 2.43. The number of imidazole rings is 1. The topological polar surface area (TPSA) is 167 Å². The third-order valence-electron chi connectivity index (χ3n) is 4.18. The molecule has 2 fully saturated rings. The van der Waals surface area contributed by atoms with Gasteiger partial charge in [-0.15, -0.1) is 0 Å². The Morgan fingerprint density at radius 1 is 1.27 bits per heavy atom. The van der Waals surface area contributed by atoms with Gasteiger partial charge in [-0.3, -0.25) is 8.75 Å². The second-order valence-electron chi connectivity index (χ2n) is 6.49. The van der Waals surface area contributed by atoms with E-state index in [4.69, 9.17) is 25.1 Å². The molecule has 2 aromatic heterocycles. The summed E-state index contributed by atoms with van der Waals surface area (Å²) in [6.07, 6.45) is 0.340. The van der Waals surface area contributed by atoms with E-state index in [1.54, 1.807) is 18.4 Å². The maximum absolute atomic E-state index is 11.1. The molecule has 12 nitrogen and oxygen atoms in total. The predicted molar refractivity (Wildman–Crippen MR) is 86.5 cm³/mol. The summed E-state index contributed by atoms with van der Waals surface area (Å²) >= 11 is 0. The molecule has 26 heavy (non-hydrogen) atoms. The smallest absolute Gasteiger partial charge is 0.333 e. The second kappa shape index (κ2) is 5.80. The number of nitrogen functional groups attached to an aromatic ring is 1. The van der Waals surface area contributed by atoms with Gasteiger partial charge in [-0.2, -0.15) is 8.42 Å². The Balaban J connectivity index is 1.68. The highest BCUT2D eigenvalue weighted by atomic mass is 32.2. The van der Waals surface area contributed by atoms with Crippen LogP contribution in [-0.4, -0.2) is 58.6 Å². The van der Waals surface area contributed by atoms with Gasteiger partial charge in [0.2, 0.25) is 0 Å². The van der Waals surface area contributed by atoms with Gasteiger partial charge in [0.15, 0.2) is 23.5 Å². The first-order chi connectivity index (χ1) is 12.1. The van der Waals surface area contributed by atoms with Crippen molar-refractivity contribution in [3.63, 3.8) is 0 Å². The number of aromatic nitrogens is 4. The van der Waals surface area contributed by atoms with Crippen LogP contribution in [0.1, 0.15) is 20.1 Å². The Morgan fingerprint density at radius 2 is 2.00 bits per heavy atom. The van der Waals surface area contributed by atoms with E-state index in [9.17, 15) is 8.42 Å². The largest absolute Gasteiger partial charge is 0.382 e. The van der Waals surface area contributed by atoms with E-state index >= 15 is 0 Å². The predicted octanol–water partition coefficient (Wildman–Crippen LogP) is -0.954. The summed E-state index contributed by atoms with van der Waals surface area (Å²) in [5, 5.41) is 4.90. The van der Waals surface area contributed by atoms with Crippen LogP contribution in [0.5, 0.6) is 0 Å². The molecule has 0 aromatic carbocycles. The van der Waals surface area contributed by atoms with E-state index in [1.807, 2.05) is 0 Å². The highest BCUT2D eigenvalue weighted by molar-refractivity contribution is 7.84. The first-order valence-corrected chi connectivity index (χ1v) is 9.23. The standard InChI is InChI=1S/C13H18N6O6S/c1-13(2)24-8-6(3-22-26(15,20)21)23-12(9(8)25-13)19-5-18-7-10(14)16-4-17-11(7)19/h4-6,8-9,12H,3H2,1-2H3,(H2,14,16,17)(H2,15,20,21)/t6-,8-,9-,12-/m1/s1. The third kappa shape index (κ3) is 3.02. The van der Waals surface area contributed by atoms with Crippen LogP contribution in [0.25, 0.3) is 11.2 Å². The van der Waals surface area contributed by atoms with Crippen LogP contribution < -0.4 is 10.9 Å². The van der Waals surface area contributed by atoms with Crippen LogP contribution >= 0.6 is 0 Å². The van der Waals surface area contributed by atoms with Crippen molar-refractivity contribution >= 4 is 27.3 Å². The molecular formula is C13H18N6O6S. The van der Waals surface area contributed by atoms with Crippen molar-refractivity contribution in [2.45, 2.75) is 44.2 Å². The molecule has 2 aliphatic heterocycles. The van der Waals surface area contributed by atoms with E-state index in [2.05, 4.69) is 19.1 Å². The quantitative estimate of drug-likeness (QED) is 0.668. The van der Waals surface area contributed by atoms with Crippen molar-refractivity contribution < 1.29 is 26.8 Å². The number of rotatable bonds is 4. The summed E-state index contributed by atoms with van der Waals surface area (Å²) in [7, 11) is -4.11. The number of nitrogens with zero attached hydrogens (tertiary/aromatic N) is 4. The highest BCUT2D eigenvalue weighted by Gasteiger charge is 2.56. The summed E-state index contributed by atoms with van der Waals surface area (Å²) in [5.41, 5.74) is 6.70. The Bertz CT molecular complexity index is 946. The number of nitrogens with two attached hydrogens (primary N) is 2. The van der Waals surface area contributed by atoms with Crippen LogP contribution in [0, 0.1) is 0 Å². The molecule has 4 N–H and O–H groups in total. The molecule has 142 valence electrons. The zero-order chi connectivity index (χ0) is 18.7. The fourth-order valence-electron chi connectivity index (χ4n) is 3.24. The van der Waals surface area contributed by atoms with Crippen molar-refractivity contribution in [3.8, 4) is 0 Å². The lowest BCUT2D eigenvalue weighted by Crippen LogP contribution is -2.34. The van der Waals surface area contributed by atoms with Crippen LogP contribution in [0.4, 0.5) is 5.82 Å². The van der Waals surface area contributed by atoms with Gasteiger partial charge in [0.25, 0.3) is 0 Å². The molecule has 2 saturated heterocycles. The fourth-order valence-corrected chi connectivity index (χ4v) is 3.56. The van der Waals surface area contributed by atoms with Gasteiger partial charge in [0.1, 0.15) is 30.2 Å². The molecule has 2 aliphatic rings. The van der Waals surface area contributed by atoms with Crippen molar-refractivity contribution in [1.82, 2.24) is 19.5 Å². The molecule has 0 unspecified atom stereocenters. The first kappa shape index (κ1) is 17.5. The van der Waals surface area contributed by atoms with Gasteiger partial charge in [-0.05, 0) is 13.8 Å². The SMILES string of the molecule is CC1(C)O[C@@H]2[C@H](O1)[C@@H](COS(N)(=O)=O)O[C@H]2n1cnc2c(N)ncnc21. The van der Waals surface area contributed by atoms with Crippen molar-refractivity contribution in [2.24, 2.45) is 5.14 Å². The van der Waals surface area contributed by atoms with Gasteiger partial charge in [0, 0.05) is 0 Å². The van der Waals surface area contributed by atoms with Crippen molar-refractivity contribution in [1.29, 1.82) is 0 Å². The molecule has 0 spiro atoms. The Labute approximate surface area is 148 Å². The molecule has 0 aliphatic carbocycles. The molecule has 13 heteroatoms. The number of hydrogen-bond acceptors (Lipinski definition) is 10. The molecular weight excluding hydrogens is 368 g/mol. The summed E-state index contributed by atoms with van der Waals surface area (Å²) in [4.78, 5) is 12.3. The molecule has 0 radical (unpaired) electrons. The van der Waals surface area contributed by atoms with E-state index in [0.29, 0.717) is 11.2 Å². The lowest BCUT2D eigenvalue weighted by atomic mass is 10.1. The minimum atomic E-state index is -4.11. The number of ether oxygens (including phenoxy) is 3. The Morgan fingerprint density at radius 3 is 2.73 bits per heavy atom. The number of hydrogen-bond donors (Lipinski definition) is 2. The molecule has 2 aromatic rings. The van der Waals surface area contributed by atoms with Gasteiger partial charge in [-0.25, -0.2) is 20.1 Å². The monoisotopic (exact) mass is 386 g/mol. The number of fused-ring (bicyclic) bond motifs is 2. The van der Waals surface area contributed by atoms with Crippen molar-refractivity contribution in [2.75, 3.05) is 12.3 Å². The van der Waals surface area contributed by atoms with Crippen LogP contribution in [0.2, 0.25) is 0 Å². The van der Waals surface area contributed by atoms with Crippen molar-refractivity contribution in [3.05, 3.63) is 12.7 Å². The average molecular weight is 386 g/mol. The van der Waals surface area contributed by atoms with Gasteiger partial charge >= 0.3 is 10.3 Å². The Kier molecular flexibility index (Phi) is 3.91. The maximum Gasteiger partial charge on any atom is 0.333 e. The summed E-state index contributed by atoms with van der Waals surface area (Å²) in [6.45, 7) is 3.21. The van der Waals surface area contributed by atoms with E-state index < -0.39 is 40.6 Å². The van der Waals surface area contributed by atoms with E-state index in [1.165, 1.54) is 12.7 Å². The summed E-state index contributed by atoms with van der Waals surface area (Å²) in [5.74, 6) is -0.636. The fraction of sp³-hybridized carbons (Fsp3) is 0.615. The molecule has 4 heterocycles. The lowest BCUT2D eigenvalue weighted by Gasteiger charge is -2.24. The van der Waals surface area contributed by atoms with E-state index in [-0.39, 0.29) is 12.4 Å². The first-order valence-electron chi connectivity index (χ1n) is 7.76. The third-order valence-corrected chi connectivity index (χ3v) is 4.65. The van der Waals surface area contributed by atoms with Gasteiger partial charge in [-0.1, -0.05) is 0 Å². The minimum Gasteiger partial charge on any atom is -0.382 e. The molecule has 0 amide bonds. The van der Waals surface area contributed by atoms with Crippen LogP contribution in [-0.2, 0) is 28.7 Å². The maximum atomic E-state index is 11.1. The normalized spacial score (nSPS) is 30.7. The number of anilines is 1. The minimum absolute atomic E-state index is 0.237. The summed E-state index contributed by atoms with van der Waals surface area (Å²) < 4.78 is 46.3. The Hall–Kier alpha value is -1.90. The van der Waals surface area contributed by atoms with Gasteiger partial charge in [0.05, 0.1) is 12.9 Å². The van der Waals surface area contributed by atoms with Crippen LogP contribution in [0.15, 0.2) is 12.7 Å². The average Bonchev–Trinajstić information content (AvgIpc) is 3.16. The summed E-state index contributed by atoms with van der Waals surface area (Å²) in [6, 6.07) is 0. The van der Waals surface area contributed by atoms with E-state index in [0.717, 1.165) is 0 Å². The van der Waals surface area contributed by atoms with Gasteiger partial charge < -0.3 is 19.9 Å². The molecule has 4 atom stereocenters. The second-order valence-corrected chi connectivity index (χ2v) is 7.71. The molecule has 0 bridgehead atoms. The zero-order valence-electron chi connectivity index (χ0n) is 14.0. The zero-order valence-corrected chi connectivity index (χ0v) is 14.8. The molecule has 4 rings (SSSR count). The molecule has 0 saturated carbocycles. The lowest BCUT2D eigenvalue weighted by molar-refractivity contribution is -0.198. The van der Waals surface area contributed by atoms with Crippen LogP contribution in [0.3, 0.4) is 0 Å².